The minimum Gasteiger partial charge on any atom is -0.494 e. The van der Waals surface area contributed by atoms with E-state index in [4.69, 9.17) is 4.74 Å². The summed E-state index contributed by atoms with van der Waals surface area (Å²) in [7, 11) is 1.38. The molecule has 0 bridgehead atoms. The lowest BCUT2D eigenvalue weighted by atomic mass is 10.3. The Labute approximate surface area is 109 Å². The van der Waals surface area contributed by atoms with Gasteiger partial charge in [0.25, 0.3) is 5.56 Å². The average molecular weight is 263 g/mol. The lowest BCUT2D eigenvalue weighted by molar-refractivity contribution is 0.387. The highest BCUT2D eigenvalue weighted by atomic mass is 19.1. The molecule has 2 aromatic rings. The fourth-order valence-electron chi connectivity index (χ4n) is 1.66. The number of methoxy groups -OCH3 is 1. The number of nitrogens with one attached hydrogen (secondary N) is 1. The molecule has 0 aliphatic carbocycles. The molecule has 2 rings (SSSR count). The van der Waals surface area contributed by atoms with E-state index in [-0.39, 0.29) is 17.1 Å². The second-order valence-corrected chi connectivity index (χ2v) is 3.84. The maximum absolute atomic E-state index is 13.3. The van der Waals surface area contributed by atoms with Gasteiger partial charge in [-0.2, -0.15) is 0 Å². The number of aryl methyl sites for hydroxylation is 1. The maximum Gasteiger partial charge on any atom is 0.293 e. The number of hydrogen-bond donors (Lipinski definition) is 1. The maximum atomic E-state index is 13.3. The molecule has 0 atom stereocenters. The van der Waals surface area contributed by atoms with Crippen molar-refractivity contribution in [2.24, 2.45) is 0 Å². The van der Waals surface area contributed by atoms with Gasteiger partial charge in [0.2, 0.25) is 0 Å². The van der Waals surface area contributed by atoms with Gasteiger partial charge in [0, 0.05) is 30.7 Å². The van der Waals surface area contributed by atoms with Crippen LogP contribution in [0.25, 0.3) is 0 Å². The van der Waals surface area contributed by atoms with Crippen LogP contribution in [0.2, 0.25) is 0 Å². The zero-order valence-electron chi connectivity index (χ0n) is 10.7. The molecule has 19 heavy (non-hydrogen) atoms. The second-order valence-electron chi connectivity index (χ2n) is 3.84. The molecule has 0 spiro atoms. The van der Waals surface area contributed by atoms with Gasteiger partial charge in [0.05, 0.1) is 7.11 Å². The Morgan fingerprint density at radius 3 is 2.95 bits per heavy atom. The number of aromatic nitrogens is 2. The quantitative estimate of drug-likeness (QED) is 0.918. The Morgan fingerprint density at radius 2 is 2.26 bits per heavy atom. The normalized spacial score (nSPS) is 10.3. The Bertz CT molecular complexity index is 640. The van der Waals surface area contributed by atoms with E-state index in [1.165, 1.54) is 36.1 Å². The minimum absolute atomic E-state index is 0.108. The summed E-state index contributed by atoms with van der Waals surface area (Å²) in [4.78, 5) is 15.9. The van der Waals surface area contributed by atoms with Gasteiger partial charge in [-0.1, -0.05) is 0 Å². The summed E-state index contributed by atoms with van der Waals surface area (Å²) in [6.07, 6.45) is 3.15. The third-order valence-electron chi connectivity index (χ3n) is 2.67. The van der Waals surface area contributed by atoms with Crippen molar-refractivity contribution < 1.29 is 9.13 Å². The third kappa shape index (κ3) is 2.73. The molecular weight excluding hydrogens is 249 g/mol. The van der Waals surface area contributed by atoms with Crippen molar-refractivity contribution in [2.45, 2.75) is 13.5 Å². The van der Waals surface area contributed by atoms with Crippen LogP contribution >= 0.6 is 0 Å². The van der Waals surface area contributed by atoms with Crippen LogP contribution in [0, 0.1) is 5.82 Å². The fourth-order valence-corrected chi connectivity index (χ4v) is 1.66. The first-order valence-electron chi connectivity index (χ1n) is 5.81. The predicted octanol–water partition coefficient (Wildman–Crippen LogP) is 2.15. The first-order chi connectivity index (χ1) is 9.15. The Balaban J connectivity index is 2.34. The zero-order chi connectivity index (χ0) is 13.8. The summed E-state index contributed by atoms with van der Waals surface area (Å²) in [5, 5.41) is 2.86. The first kappa shape index (κ1) is 13.1. The van der Waals surface area contributed by atoms with Crippen LogP contribution in [0.1, 0.15) is 6.92 Å². The molecule has 0 fully saturated rings. The Kier molecular flexibility index (Phi) is 3.79. The smallest absolute Gasteiger partial charge is 0.293 e. The fraction of sp³-hybridized carbons (Fsp3) is 0.231. The van der Waals surface area contributed by atoms with E-state index in [0.29, 0.717) is 12.2 Å². The Hall–Kier alpha value is -2.37. The van der Waals surface area contributed by atoms with Gasteiger partial charge in [0.15, 0.2) is 17.4 Å². The van der Waals surface area contributed by atoms with Gasteiger partial charge >= 0.3 is 0 Å². The summed E-state index contributed by atoms with van der Waals surface area (Å²) in [5.41, 5.74) is 0.310. The van der Waals surface area contributed by atoms with Crippen LogP contribution in [0.15, 0.2) is 35.4 Å². The third-order valence-corrected chi connectivity index (χ3v) is 2.67. The van der Waals surface area contributed by atoms with Crippen LogP contribution in [0.3, 0.4) is 0 Å². The highest BCUT2D eigenvalue weighted by molar-refractivity contribution is 5.57. The predicted molar refractivity (Wildman–Crippen MR) is 70.4 cm³/mol. The van der Waals surface area contributed by atoms with E-state index in [1.54, 1.807) is 6.20 Å². The largest absolute Gasteiger partial charge is 0.494 e. The van der Waals surface area contributed by atoms with Crippen molar-refractivity contribution in [2.75, 3.05) is 12.4 Å². The molecule has 0 unspecified atom stereocenters. The highest BCUT2D eigenvalue weighted by Gasteiger charge is 2.07. The van der Waals surface area contributed by atoms with Crippen LogP contribution in [0.5, 0.6) is 5.75 Å². The van der Waals surface area contributed by atoms with Gasteiger partial charge in [-0.15, -0.1) is 0 Å². The monoisotopic (exact) mass is 263 g/mol. The number of anilines is 2. The molecule has 0 saturated carbocycles. The summed E-state index contributed by atoms with van der Waals surface area (Å²) in [6.45, 7) is 2.43. The van der Waals surface area contributed by atoms with Gasteiger partial charge in [-0.3, -0.25) is 4.79 Å². The van der Waals surface area contributed by atoms with Crippen LogP contribution in [-0.2, 0) is 6.54 Å². The zero-order valence-corrected chi connectivity index (χ0v) is 10.7. The molecule has 1 aromatic carbocycles. The number of rotatable bonds is 4. The van der Waals surface area contributed by atoms with Crippen molar-refractivity contribution in [3.63, 3.8) is 0 Å². The van der Waals surface area contributed by atoms with Gasteiger partial charge in [0.1, 0.15) is 0 Å². The van der Waals surface area contributed by atoms with Crippen molar-refractivity contribution in [3.8, 4) is 5.75 Å². The molecule has 0 radical (unpaired) electrons. The number of benzene rings is 1. The Morgan fingerprint density at radius 1 is 1.47 bits per heavy atom. The molecule has 0 amide bonds. The summed E-state index contributed by atoms with van der Waals surface area (Å²) in [6, 6.07) is 4.25. The standard InChI is InChI=1S/C13H14FN3O2/c1-3-17-7-6-15-12(13(17)18)16-9-4-5-10(14)11(8-9)19-2/h4-8H,3H2,1-2H3,(H,15,16). The summed E-state index contributed by atoms with van der Waals surface area (Å²) in [5.74, 6) is -0.158. The molecule has 0 aliphatic heterocycles. The molecule has 1 aromatic heterocycles. The lowest BCUT2D eigenvalue weighted by Gasteiger charge is -2.09. The van der Waals surface area contributed by atoms with Crippen molar-refractivity contribution in [1.29, 1.82) is 0 Å². The van der Waals surface area contributed by atoms with E-state index >= 15 is 0 Å². The van der Waals surface area contributed by atoms with Gasteiger partial charge < -0.3 is 14.6 Å². The molecular formula is C13H14FN3O2. The van der Waals surface area contributed by atoms with E-state index in [1.807, 2.05) is 6.92 Å². The topological polar surface area (TPSA) is 56.1 Å². The lowest BCUT2D eigenvalue weighted by Crippen LogP contribution is -2.22. The average Bonchev–Trinajstić information content (AvgIpc) is 2.43. The van der Waals surface area contributed by atoms with E-state index in [0.717, 1.165) is 0 Å². The highest BCUT2D eigenvalue weighted by Crippen LogP contribution is 2.22. The van der Waals surface area contributed by atoms with Crippen molar-refractivity contribution in [1.82, 2.24) is 9.55 Å². The molecule has 1 N–H and O–H groups in total. The van der Waals surface area contributed by atoms with Gasteiger partial charge in [-0.25, -0.2) is 9.37 Å². The summed E-state index contributed by atoms with van der Waals surface area (Å²) < 4.78 is 19.7. The number of nitrogens with zero attached hydrogens (tertiary/aromatic N) is 2. The molecule has 5 nitrogen and oxygen atoms in total. The van der Waals surface area contributed by atoms with E-state index in [9.17, 15) is 9.18 Å². The van der Waals surface area contributed by atoms with Crippen LogP contribution in [-0.4, -0.2) is 16.7 Å². The van der Waals surface area contributed by atoms with E-state index in [2.05, 4.69) is 10.3 Å². The second kappa shape index (κ2) is 5.51. The summed E-state index contributed by atoms with van der Waals surface area (Å²) >= 11 is 0. The molecule has 0 aliphatic rings. The van der Waals surface area contributed by atoms with Gasteiger partial charge in [-0.05, 0) is 19.1 Å². The first-order valence-corrected chi connectivity index (χ1v) is 5.81. The molecule has 6 heteroatoms. The number of ether oxygens (including phenoxy) is 1. The SMILES string of the molecule is CCn1ccnc(Nc2ccc(F)c(OC)c2)c1=O. The van der Waals surface area contributed by atoms with Crippen LogP contribution in [0.4, 0.5) is 15.9 Å². The van der Waals surface area contributed by atoms with E-state index < -0.39 is 5.82 Å². The molecule has 0 saturated heterocycles. The van der Waals surface area contributed by atoms with Crippen LogP contribution < -0.4 is 15.6 Å². The molecule has 100 valence electrons. The number of halogens is 1. The number of hydrogen-bond acceptors (Lipinski definition) is 4. The molecule has 1 heterocycles. The minimum atomic E-state index is -0.458. The van der Waals surface area contributed by atoms with Crippen molar-refractivity contribution >= 4 is 11.5 Å². The van der Waals surface area contributed by atoms with Crippen molar-refractivity contribution in [3.05, 3.63) is 46.8 Å².